The molecule has 0 bridgehead atoms. The third kappa shape index (κ3) is 2.11. The molecule has 4 heteroatoms. The van der Waals surface area contributed by atoms with Crippen LogP contribution in [-0.4, -0.2) is 13.2 Å². The Balaban J connectivity index is 2.31. The zero-order valence-electron chi connectivity index (χ0n) is 9.62. The van der Waals surface area contributed by atoms with Gasteiger partial charge >= 0.3 is 5.63 Å². The van der Waals surface area contributed by atoms with E-state index >= 15 is 0 Å². The minimum Gasteiger partial charge on any atom is -0.496 e. The Morgan fingerprint density at radius 3 is 3.06 bits per heavy atom. The van der Waals surface area contributed by atoms with Gasteiger partial charge in [-0.15, -0.1) is 0 Å². The summed E-state index contributed by atoms with van der Waals surface area (Å²) in [7, 11) is 1.55. The Morgan fingerprint density at radius 1 is 1.56 bits per heavy atom. The second-order valence-corrected chi connectivity index (χ2v) is 3.96. The van der Waals surface area contributed by atoms with E-state index in [4.69, 9.17) is 13.9 Å². The molecule has 0 fully saturated rings. The monoisotopic (exact) mass is 224 g/mol. The third-order valence-corrected chi connectivity index (χ3v) is 2.81. The first-order chi connectivity index (χ1) is 7.74. The van der Waals surface area contributed by atoms with Crippen LogP contribution < -0.4 is 10.4 Å². The molecule has 0 saturated heterocycles. The van der Waals surface area contributed by atoms with Crippen LogP contribution in [0.3, 0.4) is 0 Å². The van der Waals surface area contributed by atoms with Crippen molar-refractivity contribution in [1.82, 2.24) is 0 Å². The van der Waals surface area contributed by atoms with E-state index in [9.17, 15) is 4.79 Å². The molecule has 0 aliphatic carbocycles. The number of fused-ring (bicyclic) bond motifs is 1. The fraction of sp³-hybridized carbons (Fsp3) is 0.583. The average molecular weight is 224 g/mol. The summed E-state index contributed by atoms with van der Waals surface area (Å²) in [5.74, 6) is 1.29. The van der Waals surface area contributed by atoms with Gasteiger partial charge in [0.15, 0.2) is 0 Å². The van der Waals surface area contributed by atoms with Gasteiger partial charge in [0.05, 0.1) is 31.5 Å². The summed E-state index contributed by atoms with van der Waals surface area (Å²) in [5, 5.41) is 0. The summed E-state index contributed by atoms with van der Waals surface area (Å²) in [6.07, 6.45) is 2.87. The van der Waals surface area contributed by atoms with Crippen molar-refractivity contribution < 1.29 is 13.9 Å². The zero-order valence-corrected chi connectivity index (χ0v) is 9.62. The predicted octanol–water partition coefficient (Wildman–Crippen LogP) is 1.89. The maximum Gasteiger partial charge on any atom is 0.339 e. The highest BCUT2D eigenvalue weighted by Crippen LogP contribution is 2.28. The van der Waals surface area contributed by atoms with Gasteiger partial charge in [-0.1, -0.05) is 13.3 Å². The molecule has 0 aromatic carbocycles. The highest BCUT2D eigenvalue weighted by atomic mass is 16.5. The third-order valence-electron chi connectivity index (χ3n) is 2.81. The molecule has 2 rings (SSSR count). The quantitative estimate of drug-likeness (QED) is 0.786. The van der Waals surface area contributed by atoms with Gasteiger partial charge < -0.3 is 13.9 Å². The fourth-order valence-electron chi connectivity index (χ4n) is 2.02. The highest BCUT2D eigenvalue weighted by Gasteiger charge is 2.24. The van der Waals surface area contributed by atoms with Gasteiger partial charge in [-0.25, -0.2) is 4.79 Å². The van der Waals surface area contributed by atoms with Crippen LogP contribution in [0.25, 0.3) is 0 Å². The number of ether oxygens (including phenoxy) is 2. The molecule has 16 heavy (non-hydrogen) atoms. The van der Waals surface area contributed by atoms with E-state index in [0.29, 0.717) is 24.5 Å². The van der Waals surface area contributed by atoms with Gasteiger partial charge in [0.1, 0.15) is 11.5 Å². The second-order valence-electron chi connectivity index (χ2n) is 3.96. The van der Waals surface area contributed by atoms with Crippen LogP contribution in [0.5, 0.6) is 5.75 Å². The minimum atomic E-state index is -0.354. The largest absolute Gasteiger partial charge is 0.496 e. The van der Waals surface area contributed by atoms with Crippen LogP contribution in [0.15, 0.2) is 15.3 Å². The normalized spacial score (nSPS) is 19.2. The zero-order chi connectivity index (χ0) is 11.5. The molecule has 1 aliphatic rings. The lowest BCUT2D eigenvalue weighted by Crippen LogP contribution is -2.24. The second kappa shape index (κ2) is 4.70. The maximum absolute atomic E-state index is 11.3. The minimum absolute atomic E-state index is 0.160. The smallest absolute Gasteiger partial charge is 0.339 e. The first-order valence-electron chi connectivity index (χ1n) is 5.56. The first kappa shape index (κ1) is 11.2. The molecule has 1 unspecified atom stereocenters. The Hall–Kier alpha value is -1.29. The van der Waals surface area contributed by atoms with Crippen LogP contribution in [0.4, 0.5) is 0 Å². The molecule has 0 spiro atoms. The summed E-state index contributed by atoms with van der Waals surface area (Å²) in [5.41, 5.74) is 0.516. The van der Waals surface area contributed by atoms with E-state index < -0.39 is 0 Å². The lowest BCUT2D eigenvalue weighted by molar-refractivity contribution is 0.0135. The van der Waals surface area contributed by atoms with Gasteiger partial charge in [0, 0.05) is 6.42 Å². The summed E-state index contributed by atoms with van der Waals surface area (Å²) in [6.45, 7) is 2.58. The number of rotatable bonds is 3. The van der Waals surface area contributed by atoms with Crippen molar-refractivity contribution in [2.24, 2.45) is 0 Å². The molecule has 0 saturated carbocycles. The first-order valence-corrected chi connectivity index (χ1v) is 5.56. The van der Waals surface area contributed by atoms with Crippen LogP contribution in [0.2, 0.25) is 0 Å². The molecule has 1 aliphatic heterocycles. The van der Waals surface area contributed by atoms with Crippen molar-refractivity contribution in [3.8, 4) is 5.75 Å². The van der Waals surface area contributed by atoms with E-state index in [1.54, 1.807) is 7.11 Å². The van der Waals surface area contributed by atoms with E-state index in [1.165, 1.54) is 6.07 Å². The standard InChI is InChI=1S/C12H16O4/c1-3-4-8-5-11-9(7-15-8)10(14-2)6-12(13)16-11/h6,8H,3-5,7H2,1-2H3. The van der Waals surface area contributed by atoms with Crippen molar-refractivity contribution in [1.29, 1.82) is 0 Å². The summed E-state index contributed by atoms with van der Waals surface area (Å²) >= 11 is 0. The lowest BCUT2D eigenvalue weighted by Gasteiger charge is -2.24. The van der Waals surface area contributed by atoms with Gasteiger partial charge in [-0.05, 0) is 6.42 Å². The molecule has 1 aromatic heterocycles. The fourth-order valence-corrected chi connectivity index (χ4v) is 2.02. The van der Waals surface area contributed by atoms with Crippen molar-refractivity contribution in [3.05, 3.63) is 27.8 Å². The predicted molar refractivity (Wildman–Crippen MR) is 58.7 cm³/mol. The Labute approximate surface area is 94.2 Å². The van der Waals surface area contributed by atoms with Crippen LogP contribution in [0.1, 0.15) is 31.1 Å². The van der Waals surface area contributed by atoms with Crippen molar-refractivity contribution in [2.45, 2.75) is 38.9 Å². The van der Waals surface area contributed by atoms with Gasteiger partial charge in [0.25, 0.3) is 0 Å². The average Bonchev–Trinajstić information content (AvgIpc) is 2.27. The SMILES string of the molecule is CCCC1Cc2oc(=O)cc(OC)c2CO1. The Morgan fingerprint density at radius 2 is 2.38 bits per heavy atom. The van der Waals surface area contributed by atoms with Crippen molar-refractivity contribution in [3.63, 3.8) is 0 Å². The van der Waals surface area contributed by atoms with Gasteiger partial charge in [-0.2, -0.15) is 0 Å². The van der Waals surface area contributed by atoms with E-state index in [2.05, 4.69) is 6.92 Å². The molecule has 0 amide bonds. The van der Waals surface area contributed by atoms with Crippen molar-refractivity contribution in [2.75, 3.05) is 7.11 Å². The summed E-state index contributed by atoms with van der Waals surface area (Å²) in [4.78, 5) is 11.3. The molecule has 1 aromatic rings. The van der Waals surface area contributed by atoms with Crippen LogP contribution in [-0.2, 0) is 17.8 Å². The topological polar surface area (TPSA) is 48.7 Å². The van der Waals surface area contributed by atoms with Crippen LogP contribution in [0, 0.1) is 0 Å². The van der Waals surface area contributed by atoms with Gasteiger partial charge in [-0.3, -0.25) is 0 Å². The number of hydrogen-bond donors (Lipinski definition) is 0. The maximum atomic E-state index is 11.3. The number of methoxy groups -OCH3 is 1. The molecule has 0 radical (unpaired) electrons. The van der Waals surface area contributed by atoms with E-state index in [1.807, 2.05) is 0 Å². The molecule has 1 atom stereocenters. The highest BCUT2D eigenvalue weighted by molar-refractivity contribution is 5.34. The molecule has 4 nitrogen and oxygen atoms in total. The van der Waals surface area contributed by atoms with E-state index in [-0.39, 0.29) is 11.7 Å². The number of hydrogen-bond acceptors (Lipinski definition) is 4. The molecular formula is C12H16O4. The van der Waals surface area contributed by atoms with Crippen LogP contribution >= 0.6 is 0 Å². The van der Waals surface area contributed by atoms with E-state index in [0.717, 1.165) is 18.4 Å². The Bertz CT molecular complexity index is 422. The molecule has 0 N–H and O–H groups in total. The molecule has 88 valence electrons. The van der Waals surface area contributed by atoms with Crippen molar-refractivity contribution >= 4 is 0 Å². The summed E-state index contributed by atoms with van der Waals surface area (Å²) in [6, 6.07) is 1.36. The van der Waals surface area contributed by atoms with Gasteiger partial charge in [0.2, 0.25) is 0 Å². The molecular weight excluding hydrogens is 208 g/mol. The lowest BCUT2D eigenvalue weighted by atomic mass is 10.0. The summed E-state index contributed by atoms with van der Waals surface area (Å²) < 4.78 is 16.0. The molecule has 2 heterocycles. The Kier molecular flexibility index (Phi) is 3.29.